The van der Waals surface area contributed by atoms with Crippen LogP contribution >= 0.6 is 0 Å². The van der Waals surface area contributed by atoms with E-state index in [1.54, 1.807) is 0 Å². The molecule has 0 aromatic heterocycles. The molecule has 0 bridgehead atoms. The van der Waals surface area contributed by atoms with Crippen molar-refractivity contribution < 1.29 is 19.0 Å². The number of nitrogens with one attached hydrogen (secondary N) is 1. The van der Waals surface area contributed by atoms with Crippen LogP contribution in [0.2, 0.25) is 0 Å². The van der Waals surface area contributed by atoms with Crippen LogP contribution in [-0.2, 0) is 27.4 Å². The van der Waals surface area contributed by atoms with Gasteiger partial charge in [-0.05, 0) is 43.2 Å². The van der Waals surface area contributed by atoms with Gasteiger partial charge in [0.05, 0.1) is 25.9 Å². The summed E-state index contributed by atoms with van der Waals surface area (Å²) in [6.45, 7) is 5.93. The monoisotopic (exact) mass is 388 g/mol. The molecule has 2 atom stereocenters. The van der Waals surface area contributed by atoms with E-state index in [9.17, 15) is 4.79 Å². The third-order valence-electron chi connectivity index (χ3n) is 6.16. The number of ether oxygens (including phenoxy) is 3. The summed E-state index contributed by atoms with van der Waals surface area (Å²) in [5.74, 6) is 0. The SMILES string of the molecule is O=C(NCc1cccc(COCC2CCCO2)c1)N1CCC2(CCCOC2)C1. The molecule has 1 aromatic rings. The molecule has 3 heterocycles. The van der Waals surface area contributed by atoms with Gasteiger partial charge < -0.3 is 24.4 Å². The second-order valence-electron chi connectivity index (χ2n) is 8.46. The zero-order chi connectivity index (χ0) is 19.2. The predicted octanol–water partition coefficient (Wildman–Crippen LogP) is 3.09. The molecule has 0 aliphatic carbocycles. The second kappa shape index (κ2) is 9.25. The third-order valence-corrected chi connectivity index (χ3v) is 6.16. The number of amides is 2. The van der Waals surface area contributed by atoms with E-state index in [1.165, 1.54) is 6.42 Å². The molecule has 1 aromatic carbocycles. The number of likely N-dealkylation sites (tertiary alicyclic amines) is 1. The molecule has 3 aliphatic rings. The van der Waals surface area contributed by atoms with Crippen molar-refractivity contribution in [2.45, 2.75) is 51.4 Å². The van der Waals surface area contributed by atoms with Gasteiger partial charge in [-0.1, -0.05) is 24.3 Å². The molecule has 3 saturated heterocycles. The lowest BCUT2D eigenvalue weighted by Crippen LogP contribution is -2.41. The highest BCUT2D eigenvalue weighted by molar-refractivity contribution is 5.74. The molecule has 0 saturated carbocycles. The van der Waals surface area contributed by atoms with E-state index >= 15 is 0 Å². The highest BCUT2D eigenvalue weighted by Gasteiger charge is 2.41. The van der Waals surface area contributed by atoms with Gasteiger partial charge in [-0.3, -0.25) is 0 Å². The number of rotatable bonds is 6. The summed E-state index contributed by atoms with van der Waals surface area (Å²) >= 11 is 0. The standard InChI is InChI=1S/C22H32N2O4/c25-21(24-9-8-22(16-24)7-3-10-26-17-22)23-13-18-4-1-5-19(12-18)14-27-15-20-6-2-11-28-20/h1,4-5,12,20H,2-3,6-11,13-17H2,(H,23,25). The van der Waals surface area contributed by atoms with Crippen LogP contribution in [0.4, 0.5) is 4.79 Å². The molecule has 2 amide bonds. The van der Waals surface area contributed by atoms with E-state index in [2.05, 4.69) is 17.4 Å². The Balaban J connectivity index is 1.21. The summed E-state index contributed by atoms with van der Waals surface area (Å²) in [4.78, 5) is 14.5. The molecular weight excluding hydrogens is 356 g/mol. The lowest BCUT2D eigenvalue weighted by Gasteiger charge is -2.32. The van der Waals surface area contributed by atoms with Crippen molar-refractivity contribution in [3.63, 3.8) is 0 Å². The number of hydrogen-bond acceptors (Lipinski definition) is 4. The summed E-state index contributed by atoms with van der Waals surface area (Å²) in [5, 5.41) is 3.08. The van der Waals surface area contributed by atoms with E-state index in [4.69, 9.17) is 14.2 Å². The Kier molecular flexibility index (Phi) is 6.50. The topological polar surface area (TPSA) is 60.0 Å². The van der Waals surface area contributed by atoms with E-state index in [0.717, 1.165) is 69.7 Å². The lowest BCUT2D eigenvalue weighted by molar-refractivity contribution is -0.000439. The minimum Gasteiger partial charge on any atom is -0.381 e. The fourth-order valence-corrected chi connectivity index (χ4v) is 4.54. The van der Waals surface area contributed by atoms with Crippen LogP contribution in [0.1, 0.15) is 43.2 Å². The Hall–Kier alpha value is -1.63. The molecule has 4 rings (SSSR count). The van der Waals surface area contributed by atoms with Crippen LogP contribution in [0.5, 0.6) is 0 Å². The van der Waals surface area contributed by atoms with Crippen LogP contribution in [-0.4, -0.2) is 56.6 Å². The highest BCUT2D eigenvalue weighted by Crippen LogP contribution is 2.37. The summed E-state index contributed by atoms with van der Waals surface area (Å²) < 4.78 is 17.0. The van der Waals surface area contributed by atoms with Gasteiger partial charge in [0.1, 0.15) is 0 Å². The summed E-state index contributed by atoms with van der Waals surface area (Å²) in [6, 6.07) is 8.27. The van der Waals surface area contributed by atoms with Gasteiger partial charge in [-0.15, -0.1) is 0 Å². The van der Waals surface area contributed by atoms with Gasteiger partial charge in [0.25, 0.3) is 0 Å². The van der Waals surface area contributed by atoms with Gasteiger partial charge in [-0.25, -0.2) is 4.79 Å². The number of carbonyl (C=O) groups excluding carboxylic acids is 1. The Bertz CT molecular complexity index is 654. The molecule has 0 radical (unpaired) electrons. The first-order valence-electron chi connectivity index (χ1n) is 10.6. The van der Waals surface area contributed by atoms with Crippen LogP contribution in [0.15, 0.2) is 24.3 Å². The molecule has 1 spiro atoms. The average Bonchev–Trinajstić information content (AvgIpc) is 3.38. The van der Waals surface area contributed by atoms with Crippen LogP contribution in [0, 0.1) is 5.41 Å². The minimum absolute atomic E-state index is 0.0301. The van der Waals surface area contributed by atoms with Crippen LogP contribution < -0.4 is 5.32 Å². The first kappa shape index (κ1) is 19.7. The maximum absolute atomic E-state index is 12.6. The van der Waals surface area contributed by atoms with E-state index in [-0.39, 0.29) is 17.6 Å². The zero-order valence-electron chi connectivity index (χ0n) is 16.7. The quantitative estimate of drug-likeness (QED) is 0.814. The normalized spacial score (nSPS) is 27.4. The summed E-state index contributed by atoms with van der Waals surface area (Å²) in [5.41, 5.74) is 2.42. The molecule has 6 heteroatoms. The van der Waals surface area contributed by atoms with Crippen molar-refractivity contribution in [3.05, 3.63) is 35.4 Å². The highest BCUT2D eigenvalue weighted by atomic mass is 16.5. The van der Waals surface area contributed by atoms with Crippen molar-refractivity contribution in [2.75, 3.05) is 39.5 Å². The smallest absolute Gasteiger partial charge is 0.317 e. The van der Waals surface area contributed by atoms with Crippen molar-refractivity contribution in [3.8, 4) is 0 Å². The molecule has 6 nitrogen and oxygen atoms in total. The predicted molar refractivity (Wildman–Crippen MR) is 106 cm³/mol. The molecule has 3 fully saturated rings. The summed E-state index contributed by atoms with van der Waals surface area (Å²) in [7, 11) is 0. The Morgan fingerprint density at radius 2 is 2.18 bits per heavy atom. The van der Waals surface area contributed by atoms with Crippen LogP contribution in [0.25, 0.3) is 0 Å². The average molecular weight is 389 g/mol. The fraction of sp³-hybridized carbons (Fsp3) is 0.682. The maximum atomic E-state index is 12.6. The molecule has 2 unspecified atom stereocenters. The number of hydrogen-bond donors (Lipinski definition) is 1. The van der Waals surface area contributed by atoms with E-state index < -0.39 is 0 Å². The Labute approximate surface area is 167 Å². The minimum atomic E-state index is 0.0301. The number of carbonyl (C=O) groups is 1. The number of urea groups is 1. The van der Waals surface area contributed by atoms with Gasteiger partial charge in [-0.2, -0.15) is 0 Å². The van der Waals surface area contributed by atoms with E-state index in [1.807, 2.05) is 17.0 Å². The lowest BCUT2D eigenvalue weighted by atomic mass is 9.82. The zero-order valence-corrected chi connectivity index (χ0v) is 16.7. The molecular formula is C22H32N2O4. The fourth-order valence-electron chi connectivity index (χ4n) is 4.54. The largest absolute Gasteiger partial charge is 0.381 e. The third kappa shape index (κ3) is 5.04. The number of nitrogens with zero attached hydrogens (tertiary/aromatic N) is 1. The van der Waals surface area contributed by atoms with E-state index in [0.29, 0.717) is 19.8 Å². The van der Waals surface area contributed by atoms with Crippen molar-refractivity contribution in [1.29, 1.82) is 0 Å². The molecule has 1 N–H and O–H groups in total. The van der Waals surface area contributed by atoms with Gasteiger partial charge in [0.2, 0.25) is 0 Å². The van der Waals surface area contributed by atoms with Crippen molar-refractivity contribution in [2.24, 2.45) is 5.41 Å². The number of benzene rings is 1. The Morgan fingerprint density at radius 3 is 3.00 bits per heavy atom. The molecule has 28 heavy (non-hydrogen) atoms. The van der Waals surface area contributed by atoms with Crippen LogP contribution in [0.3, 0.4) is 0 Å². The maximum Gasteiger partial charge on any atom is 0.317 e. The molecule has 3 aliphatic heterocycles. The van der Waals surface area contributed by atoms with Gasteiger partial charge >= 0.3 is 6.03 Å². The van der Waals surface area contributed by atoms with Crippen molar-refractivity contribution in [1.82, 2.24) is 10.2 Å². The van der Waals surface area contributed by atoms with Gasteiger partial charge in [0.15, 0.2) is 0 Å². The first-order valence-corrected chi connectivity index (χ1v) is 10.6. The Morgan fingerprint density at radius 1 is 1.25 bits per heavy atom. The van der Waals surface area contributed by atoms with Gasteiger partial charge in [0, 0.05) is 38.3 Å². The first-order chi connectivity index (χ1) is 13.7. The van der Waals surface area contributed by atoms with Crippen molar-refractivity contribution >= 4 is 6.03 Å². The molecule has 154 valence electrons. The summed E-state index contributed by atoms with van der Waals surface area (Å²) in [6.07, 6.45) is 5.81. The second-order valence-corrected chi connectivity index (χ2v) is 8.46.